The first-order valence-corrected chi connectivity index (χ1v) is 6.72. The fourth-order valence-electron chi connectivity index (χ4n) is 2.28. The van der Waals surface area contributed by atoms with Gasteiger partial charge in [-0.2, -0.15) is 0 Å². The Bertz CT molecular complexity index is 377. The molecule has 0 bridgehead atoms. The van der Waals surface area contributed by atoms with Gasteiger partial charge < -0.3 is 15.8 Å². The van der Waals surface area contributed by atoms with Gasteiger partial charge in [-0.3, -0.25) is 0 Å². The molecule has 1 saturated heterocycles. The molecule has 1 aliphatic rings. The Morgan fingerprint density at radius 3 is 3.11 bits per heavy atom. The minimum absolute atomic E-state index is 0.596. The largest absolute Gasteiger partial charge is 0.383 e. The maximum atomic E-state index is 5.89. The van der Waals surface area contributed by atoms with Crippen LogP contribution in [0.2, 0.25) is 0 Å². The van der Waals surface area contributed by atoms with Gasteiger partial charge in [0.1, 0.15) is 18.0 Å². The number of nitrogen functional groups attached to an aromatic ring is 1. The Labute approximate surface area is 108 Å². The van der Waals surface area contributed by atoms with Crippen molar-refractivity contribution < 1.29 is 4.74 Å². The standard InChI is InChI=1S/C13H22N4O/c1-2-3-11-12(14)16-9-17-13(11)15-6-4-10-5-7-18-8-10/h9-10H,2-8H2,1H3,(H3,14,15,16,17). The van der Waals surface area contributed by atoms with E-state index in [2.05, 4.69) is 22.2 Å². The van der Waals surface area contributed by atoms with Crippen molar-refractivity contribution in [1.29, 1.82) is 0 Å². The zero-order valence-electron chi connectivity index (χ0n) is 11.0. The number of rotatable bonds is 6. The summed E-state index contributed by atoms with van der Waals surface area (Å²) in [5.41, 5.74) is 6.93. The molecule has 100 valence electrons. The molecule has 2 rings (SSSR count). The minimum Gasteiger partial charge on any atom is -0.383 e. The van der Waals surface area contributed by atoms with E-state index in [4.69, 9.17) is 10.5 Å². The van der Waals surface area contributed by atoms with Gasteiger partial charge >= 0.3 is 0 Å². The van der Waals surface area contributed by atoms with Crippen LogP contribution >= 0.6 is 0 Å². The van der Waals surface area contributed by atoms with Crippen molar-refractivity contribution in [2.45, 2.75) is 32.6 Å². The van der Waals surface area contributed by atoms with E-state index in [-0.39, 0.29) is 0 Å². The molecule has 0 saturated carbocycles. The summed E-state index contributed by atoms with van der Waals surface area (Å²) < 4.78 is 5.37. The average molecular weight is 250 g/mol. The smallest absolute Gasteiger partial charge is 0.134 e. The number of nitrogens with one attached hydrogen (secondary N) is 1. The molecule has 0 radical (unpaired) electrons. The van der Waals surface area contributed by atoms with E-state index in [1.807, 2.05) is 0 Å². The predicted octanol–water partition coefficient (Wildman–Crippen LogP) is 1.85. The van der Waals surface area contributed by atoms with Gasteiger partial charge in [-0.1, -0.05) is 13.3 Å². The summed E-state index contributed by atoms with van der Waals surface area (Å²) in [7, 11) is 0. The highest BCUT2D eigenvalue weighted by Crippen LogP contribution is 2.20. The zero-order chi connectivity index (χ0) is 12.8. The monoisotopic (exact) mass is 250 g/mol. The van der Waals surface area contributed by atoms with Gasteiger partial charge in [-0.05, 0) is 25.2 Å². The summed E-state index contributed by atoms with van der Waals surface area (Å²) in [6, 6.07) is 0. The molecule has 1 aliphatic heterocycles. The lowest BCUT2D eigenvalue weighted by molar-refractivity contribution is 0.185. The lowest BCUT2D eigenvalue weighted by atomic mass is 10.1. The molecule has 1 atom stereocenters. The van der Waals surface area contributed by atoms with Crippen LogP contribution < -0.4 is 11.1 Å². The number of hydrogen-bond donors (Lipinski definition) is 2. The highest BCUT2D eigenvalue weighted by atomic mass is 16.5. The van der Waals surface area contributed by atoms with E-state index in [9.17, 15) is 0 Å². The molecule has 1 fully saturated rings. The van der Waals surface area contributed by atoms with E-state index in [0.717, 1.165) is 50.4 Å². The van der Waals surface area contributed by atoms with Gasteiger partial charge in [0.15, 0.2) is 0 Å². The molecule has 2 heterocycles. The molecule has 0 aromatic carbocycles. The summed E-state index contributed by atoms with van der Waals surface area (Å²) in [5.74, 6) is 2.17. The van der Waals surface area contributed by atoms with Crippen molar-refractivity contribution in [2.75, 3.05) is 30.8 Å². The van der Waals surface area contributed by atoms with E-state index in [1.165, 1.54) is 12.7 Å². The number of anilines is 2. The number of nitrogens with zero attached hydrogens (tertiary/aromatic N) is 2. The summed E-state index contributed by atoms with van der Waals surface area (Å²) in [4.78, 5) is 8.34. The number of aromatic nitrogens is 2. The van der Waals surface area contributed by atoms with Crippen molar-refractivity contribution >= 4 is 11.6 Å². The number of ether oxygens (including phenoxy) is 1. The Kier molecular flexibility index (Phi) is 4.75. The van der Waals surface area contributed by atoms with Crippen LogP contribution in [0.5, 0.6) is 0 Å². The molecular weight excluding hydrogens is 228 g/mol. The first-order chi connectivity index (χ1) is 8.81. The fraction of sp³-hybridized carbons (Fsp3) is 0.692. The van der Waals surface area contributed by atoms with Gasteiger partial charge in [0.2, 0.25) is 0 Å². The summed E-state index contributed by atoms with van der Waals surface area (Å²) in [6.07, 6.45) is 5.78. The van der Waals surface area contributed by atoms with Crippen molar-refractivity contribution in [3.05, 3.63) is 11.9 Å². The zero-order valence-corrected chi connectivity index (χ0v) is 11.0. The molecule has 18 heavy (non-hydrogen) atoms. The van der Waals surface area contributed by atoms with Gasteiger partial charge in [0.25, 0.3) is 0 Å². The topological polar surface area (TPSA) is 73.1 Å². The van der Waals surface area contributed by atoms with E-state index >= 15 is 0 Å². The van der Waals surface area contributed by atoms with Gasteiger partial charge in [-0.25, -0.2) is 9.97 Å². The third-order valence-electron chi connectivity index (χ3n) is 3.35. The number of hydrogen-bond acceptors (Lipinski definition) is 5. The van der Waals surface area contributed by atoms with Crippen LogP contribution in [0.4, 0.5) is 11.6 Å². The normalized spacial score (nSPS) is 19.1. The van der Waals surface area contributed by atoms with E-state index in [0.29, 0.717) is 11.7 Å². The van der Waals surface area contributed by atoms with Crippen molar-refractivity contribution in [1.82, 2.24) is 9.97 Å². The Morgan fingerprint density at radius 2 is 2.39 bits per heavy atom. The van der Waals surface area contributed by atoms with Crippen LogP contribution in [0.25, 0.3) is 0 Å². The lowest BCUT2D eigenvalue weighted by Crippen LogP contribution is -2.12. The second-order valence-electron chi connectivity index (χ2n) is 4.78. The molecule has 0 spiro atoms. The molecule has 0 aliphatic carbocycles. The first-order valence-electron chi connectivity index (χ1n) is 6.72. The van der Waals surface area contributed by atoms with Gasteiger partial charge in [0.05, 0.1) is 0 Å². The first kappa shape index (κ1) is 13.1. The average Bonchev–Trinajstić information content (AvgIpc) is 2.86. The Hall–Kier alpha value is -1.36. The SMILES string of the molecule is CCCc1c(N)ncnc1NCCC1CCOC1. The van der Waals surface area contributed by atoms with Crippen molar-refractivity contribution in [2.24, 2.45) is 5.92 Å². The molecule has 1 unspecified atom stereocenters. The molecule has 1 aromatic heterocycles. The second-order valence-corrected chi connectivity index (χ2v) is 4.78. The van der Waals surface area contributed by atoms with Crippen LogP contribution in [0.15, 0.2) is 6.33 Å². The molecule has 3 N–H and O–H groups in total. The molecular formula is C13H22N4O. The summed E-state index contributed by atoms with van der Waals surface area (Å²) in [6.45, 7) is 4.86. The van der Waals surface area contributed by atoms with Crippen LogP contribution in [-0.2, 0) is 11.2 Å². The van der Waals surface area contributed by atoms with E-state index in [1.54, 1.807) is 0 Å². The maximum Gasteiger partial charge on any atom is 0.134 e. The maximum absolute atomic E-state index is 5.89. The van der Waals surface area contributed by atoms with Crippen molar-refractivity contribution in [3.8, 4) is 0 Å². The highest BCUT2D eigenvalue weighted by molar-refractivity contribution is 5.54. The third kappa shape index (κ3) is 3.32. The Morgan fingerprint density at radius 1 is 1.50 bits per heavy atom. The summed E-state index contributed by atoms with van der Waals surface area (Å²) >= 11 is 0. The highest BCUT2D eigenvalue weighted by Gasteiger charge is 2.15. The fourth-order valence-corrected chi connectivity index (χ4v) is 2.28. The van der Waals surface area contributed by atoms with Gasteiger partial charge in [0, 0.05) is 25.3 Å². The van der Waals surface area contributed by atoms with Crippen LogP contribution in [-0.4, -0.2) is 29.7 Å². The molecule has 5 heteroatoms. The van der Waals surface area contributed by atoms with Crippen LogP contribution in [0.3, 0.4) is 0 Å². The summed E-state index contributed by atoms with van der Waals surface area (Å²) in [5, 5.41) is 3.38. The predicted molar refractivity (Wildman–Crippen MR) is 72.5 cm³/mol. The number of nitrogens with two attached hydrogens (primary N) is 1. The van der Waals surface area contributed by atoms with Crippen molar-refractivity contribution in [3.63, 3.8) is 0 Å². The van der Waals surface area contributed by atoms with Crippen LogP contribution in [0.1, 0.15) is 31.7 Å². The quantitative estimate of drug-likeness (QED) is 0.806. The van der Waals surface area contributed by atoms with Crippen LogP contribution in [0, 0.1) is 5.92 Å². The van der Waals surface area contributed by atoms with Gasteiger partial charge in [-0.15, -0.1) is 0 Å². The Balaban J connectivity index is 1.89. The third-order valence-corrected chi connectivity index (χ3v) is 3.35. The molecule has 1 aromatic rings. The lowest BCUT2D eigenvalue weighted by Gasteiger charge is -2.13. The second kappa shape index (κ2) is 6.54. The molecule has 5 nitrogen and oxygen atoms in total. The minimum atomic E-state index is 0.596. The molecule has 0 amide bonds. The van der Waals surface area contributed by atoms with E-state index < -0.39 is 0 Å².